The number of hydrogen-bond acceptors (Lipinski definition) is 4. The molecule has 1 aromatic heterocycles. The molecule has 0 fully saturated rings. The highest BCUT2D eigenvalue weighted by molar-refractivity contribution is 7.98. The first-order valence-electron chi connectivity index (χ1n) is 5.69. The van der Waals surface area contributed by atoms with Gasteiger partial charge in [-0.15, -0.1) is 23.1 Å². The van der Waals surface area contributed by atoms with Gasteiger partial charge in [-0.25, -0.2) is 9.78 Å². The van der Waals surface area contributed by atoms with Crippen LogP contribution >= 0.6 is 34.7 Å². The maximum absolute atomic E-state index is 11.0. The summed E-state index contributed by atoms with van der Waals surface area (Å²) in [5.74, 6) is -0.272. The van der Waals surface area contributed by atoms with Crippen molar-refractivity contribution in [2.24, 2.45) is 0 Å². The van der Waals surface area contributed by atoms with Crippen molar-refractivity contribution in [3.8, 4) is 0 Å². The minimum Gasteiger partial charge on any atom is -0.478 e. The van der Waals surface area contributed by atoms with Crippen molar-refractivity contribution in [1.29, 1.82) is 0 Å². The van der Waals surface area contributed by atoms with Gasteiger partial charge < -0.3 is 5.11 Å². The zero-order valence-corrected chi connectivity index (χ0v) is 12.6. The Morgan fingerprint density at radius 3 is 2.95 bits per heavy atom. The predicted octanol–water partition coefficient (Wildman–Crippen LogP) is 4.35. The molecule has 0 radical (unpaired) electrons. The fourth-order valence-corrected chi connectivity index (χ4v) is 3.37. The molecular formula is C13H12ClNO2S2. The Hall–Kier alpha value is -1.04. The molecule has 1 aromatic carbocycles. The lowest BCUT2D eigenvalue weighted by molar-refractivity contribution is 0.0697. The van der Waals surface area contributed by atoms with Crippen molar-refractivity contribution < 1.29 is 9.90 Å². The van der Waals surface area contributed by atoms with Gasteiger partial charge in [0, 0.05) is 16.0 Å². The lowest BCUT2D eigenvalue weighted by atomic mass is 10.2. The van der Waals surface area contributed by atoms with E-state index in [0.717, 1.165) is 27.8 Å². The van der Waals surface area contributed by atoms with E-state index in [1.54, 1.807) is 35.2 Å². The van der Waals surface area contributed by atoms with Crippen LogP contribution in [0, 0.1) is 0 Å². The summed E-state index contributed by atoms with van der Waals surface area (Å²) in [6.45, 7) is 2.08. The molecule has 0 aliphatic carbocycles. The average Bonchev–Trinajstić information content (AvgIpc) is 2.85. The van der Waals surface area contributed by atoms with E-state index in [-0.39, 0.29) is 10.6 Å². The van der Waals surface area contributed by atoms with Crippen LogP contribution < -0.4 is 0 Å². The molecule has 0 saturated heterocycles. The standard InChI is InChI=1S/C13H12ClNO2S2/c1-2-12-15-8(7-19-12)6-18-9-3-4-11(14)10(5-9)13(16)17/h3-5,7H,2,6H2,1H3,(H,16,17). The summed E-state index contributed by atoms with van der Waals surface area (Å²) in [7, 11) is 0. The third-order valence-corrected chi connectivity index (χ3v) is 4.86. The quantitative estimate of drug-likeness (QED) is 0.834. The highest BCUT2D eigenvalue weighted by atomic mass is 35.5. The maximum Gasteiger partial charge on any atom is 0.337 e. The predicted molar refractivity (Wildman–Crippen MR) is 79.5 cm³/mol. The number of carbonyl (C=O) groups is 1. The summed E-state index contributed by atoms with van der Waals surface area (Å²) in [5.41, 5.74) is 1.16. The zero-order chi connectivity index (χ0) is 13.8. The number of halogens is 1. The molecular weight excluding hydrogens is 302 g/mol. The van der Waals surface area contributed by atoms with E-state index in [1.807, 2.05) is 11.4 Å². The highest BCUT2D eigenvalue weighted by Crippen LogP contribution is 2.27. The number of aromatic carboxylic acids is 1. The number of hydrogen-bond donors (Lipinski definition) is 1. The second-order valence-electron chi connectivity index (χ2n) is 3.82. The van der Waals surface area contributed by atoms with Gasteiger partial charge in [-0.1, -0.05) is 18.5 Å². The minimum absolute atomic E-state index is 0.138. The van der Waals surface area contributed by atoms with Crippen LogP contribution in [0.2, 0.25) is 5.02 Å². The average molecular weight is 314 g/mol. The van der Waals surface area contributed by atoms with Crippen LogP contribution in [-0.2, 0) is 12.2 Å². The van der Waals surface area contributed by atoms with Gasteiger partial charge in [0.2, 0.25) is 0 Å². The van der Waals surface area contributed by atoms with Crippen molar-refractivity contribution in [3.63, 3.8) is 0 Å². The Kier molecular flexibility index (Phi) is 4.85. The molecule has 0 aliphatic rings. The molecule has 6 heteroatoms. The van der Waals surface area contributed by atoms with Gasteiger partial charge in [0.1, 0.15) is 0 Å². The van der Waals surface area contributed by atoms with Crippen LogP contribution in [0.15, 0.2) is 28.5 Å². The molecule has 2 rings (SSSR count). The zero-order valence-electron chi connectivity index (χ0n) is 10.2. The Bertz CT molecular complexity index is 598. The van der Waals surface area contributed by atoms with Crippen LogP contribution in [0.1, 0.15) is 28.0 Å². The van der Waals surface area contributed by atoms with Gasteiger partial charge >= 0.3 is 5.97 Å². The molecule has 0 atom stereocenters. The Morgan fingerprint density at radius 1 is 1.53 bits per heavy atom. The Balaban J connectivity index is 2.07. The van der Waals surface area contributed by atoms with E-state index < -0.39 is 5.97 Å². The fraction of sp³-hybridized carbons (Fsp3) is 0.231. The first kappa shape index (κ1) is 14.4. The van der Waals surface area contributed by atoms with Crippen LogP contribution in [0.3, 0.4) is 0 Å². The molecule has 19 heavy (non-hydrogen) atoms. The van der Waals surface area contributed by atoms with Gasteiger partial charge in [-0.05, 0) is 24.6 Å². The third kappa shape index (κ3) is 3.72. The van der Waals surface area contributed by atoms with Crippen molar-refractivity contribution in [2.45, 2.75) is 24.0 Å². The maximum atomic E-state index is 11.0. The number of thiazole rings is 1. The van der Waals surface area contributed by atoms with Gasteiger partial charge in [-0.2, -0.15) is 0 Å². The summed E-state index contributed by atoms with van der Waals surface area (Å²) in [5, 5.41) is 12.4. The fourth-order valence-electron chi connectivity index (χ4n) is 1.49. The number of carboxylic acid groups (broad SMARTS) is 1. The van der Waals surface area contributed by atoms with Crippen LogP contribution in [-0.4, -0.2) is 16.1 Å². The van der Waals surface area contributed by atoms with E-state index in [2.05, 4.69) is 11.9 Å². The second kappa shape index (κ2) is 6.41. The van der Waals surface area contributed by atoms with Crippen molar-refractivity contribution in [1.82, 2.24) is 4.98 Å². The summed E-state index contributed by atoms with van der Waals surface area (Å²) < 4.78 is 0. The first-order valence-corrected chi connectivity index (χ1v) is 7.93. The smallest absolute Gasteiger partial charge is 0.337 e. The highest BCUT2D eigenvalue weighted by Gasteiger charge is 2.10. The lowest BCUT2D eigenvalue weighted by Gasteiger charge is -2.03. The summed E-state index contributed by atoms with van der Waals surface area (Å²) >= 11 is 9.05. The van der Waals surface area contributed by atoms with E-state index in [4.69, 9.17) is 16.7 Å². The number of aromatic nitrogens is 1. The Labute approximate surface area is 124 Å². The van der Waals surface area contributed by atoms with Crippen molar-refractivity contribution in [3.05, 3.63) is 44.9 Å². The molecule has 100 valence electrons. The second-order valence-corrected chi connectivity index (χ2v) is 6.22. The number of aryl methyl sites for hydroxylation is 1. The Morgan fingerprint density at radius 2 is 2.32 bits per heavy atom. The molecule has 0 bridgehead atoms. The first-order chi connectivity index (χ1) is 9.10. The molecule has 3 nitrogen and oxygen atoms in total. The van der Waals surface area contributed by atoms with Gasteiger partial charge in [0.15, 0.2) is 0 Å². The molecule has 0 amide bonds. The third-order valence-electron chi connectivity index (χ3n) is 2.46. The van der Waals surface area contributed by atoms with Crippen LogP contribution in [0.5, 0.6) is 0 Å². The van der Waals surface area contributed by atoms with E-state index in [0.29, 0.717) is 0 Å². The lowest BCUT2D eigenvalue weighted by Crippen LogP contribution is -1.97. The molecule has 0 unspecified atom stereocenters. The topological polar surface area (TPSA) is 50.2 Å². The molecule has 1 heterocycles. The summed E-state index contributed by atoms with van der Waals surface area (Å²) in [6.07, 6.45) is 0.944. The van der Waals surface area contributed by atoms with Gasteiger partial charge in [-0.3, -0.25) is 0 Å². The number of nitrogens with zero attached hydrogens (tertiary/aromatic N) is 1. The van der Waals surface area contributed by atoms with Gasteiger partial charge in [0.05, 0.1) is 21.3 Å². The van der Waals surface area contributed by atoms with Crippen molar-refractivity contribution >= 4 is 40.7 Å². The number of carboxylic acids is 1. The summed E-state index contributed by atoms with van der Waals surface area (Å²) in [6, 6.07) is 5.04. The van der Waals surface area contributed by atoms with E-state index >= 15 is 0 Å². The van der Waals surface area contributed by atoms with Crippen LogP contribution in [0.25, 0.3) is 0 Å². The molecule has 2 aromatic rings. The SMILES string of the molecule is CCc1nc(CSc2ccc(Cl)c(C(=O)O)c2)cs1. The monoisotopic (exact) mass is 313 g/mol. The largest absolute Gasteiger partial charge is 0.478 e. The molecule has 0 saturated carbocycles. The molecule has 1 N–H and O–H groups in total. The van der Waals surface area contributed by atoms with E-state index in [1.165, 1.54) is 0 Å². The summed E-state index contributed by atoms with van der Waals surface area (Å²) in [4.78, 5) is 16.3. The normalized spacial score (nSPS) is 10.6. The number of benzene rings is 1. The minimum atomic E-state index is -1.01. The van der Waals surface area contributed by atoms with Gasteiger partial charge in [0.25, 0.3) is 0 Å². The number of rotatable bonds is 5. The van der Waals surface area contributed by atoms with Crippen LogP contribution in [0.4, 0.5) is 0 Å². The molecule has 0 spiro atoms. The van der Waals surface area contributed by atoms with E-state index in [9.17, 15) is 4.79 Å². The number of thioether (sulfide) groups is 1. The molecule has 0 aliphatic heterocycles. The van der Waals surface area contributed by atoms with Crippen molar-refractivity contribution in [2.75, 3.05) is 0 Å².